The molecule has 0 aliphatic heterocycles. The van der Waals surface area contributed by atoms with Crippen molar-refractivity contribution in [2.24, 2.45) is 5.11 Å². The zero-order chi connectivity index (χ0) is 11.5. The average molecular weight is 211 g/mol. The first kappa shape index (κ1) is 13.5. The highest BCUT2D eigenvalue weighted by Gasteiger charge is 2.01. The minimum Gasteiger partial charge on any atom is -0.462 e. The molecule has 0 amide bonds. The van der Waals surface area contributed by atoms with Crippen LogP contribution < -0.4 is 0 Å². The Hall–Kier alpha value is -1.48. The number of carbonyl (C=O) groups is 1. The summed E-state index contributed by atoms with van der Waals surface area (Å²) >= 11 is 0. The SMILES string of the molecule is C=C(C)C(=O)OCCCCCCN=[N+]=[N-]. The van der Waals surface area contributed by atoms with E-state index in [1.807, 2.05) is 0 Å². The van der Waals surface area contributed by atoms with Gasteiger partial charge in [0.2, 0.25) is 0 Å². The average Bonchev–Trinajstić information content (AvgIpc) is 2.21. The first-order valence-corrected chi connectivity index (χ1v) is 5.02. The Morgan fingerprint density at radius 3 is 2.67 bits per heavy atom. The fourth-order valence-electron chi connectivity index (χ4n) is 0.971. The van der Waals surface area contributed by atoms with Crippen LogP contribution in [0.2, 0.25) is 0 Å². The first-order valence-electron chi connectivity index (χ1n) is 5.02. The molecule has 0 aromatic carbocycles. The van der Waals surface area contributed by atoms with Crippen LogP contribution in [-0.4, -0.2) is 19.1 Å². The smallest absolute Gasteiger partial charge is 0.333 e. The van der Waals surface area contributed by atoms with E-state index in [1.165, 1.54) is 0 Å². The second-order valence-electron chi connectivity index (χ2n) is 3.28. The van der Waals surface area contributed by atoms with E-state index in [0.29, 0.717) is 18.7 Å². The molecule has 84 valence electrons. The molecule has 0 saturated carbocycles. The van der Waals surface area contributed by atoms with Crippen molar-refractivity contribution in [2.75, 3.05) is 13.2 Å². The monoisotopic (exact) mass is 211 g/mol. The third-order valence-electron chi connectivity index (χ3n) is 1.80. The van der Waals surface area contributed by atoms with E-state index in [9.17, 15) is 4.79 Å². The maximum atomic E-state index is 10.9. The molecule has 0 atom stereocenters. The zero-order valence-electron chi connectivity index (χ0n) is 9.11. The molecule has 5 heteroatoms. The van der Waals surface area contributed by atoms with Crippen LogP contribution in [0.4, 0.5) is 0 Å². The molecule has 0 N–H and O–H groups in total. The van der Waals surface area contributed by atoms with Gasteiger partial charge in [-0.1, -0.05) is 24.5 Å². The second-order valence-corrected chi connectivity index (χ2v) is 3.28. The van der Waals surface area contributed by atoms with Gasteiger partial charge >= 0.3 is 5.97 Å². The van der Waals surface area contributed by atoms with Crippen molar-refractivity contribution in [3.8, 4) is 0 Å². The van der Waals surface area contributed by atoms with E-state index in [-0.39, 0.29) is 5.97 Å². The molecule has 0 fully saturated rings. The van der Waals surface area contributed by atoms with Crippen LogP contribution in [0.15, 0.2) is 17.3 Å². The quantitative estimate of drug-likeness (QED) is 0.154. The summed E-state index contributed by atoms with van der Waals surface area (Å²) in [6.07, 6.45) is 3.70. The molecule has 15 heavy (non-hydrogen) atoms. The number of nitrogens with zero attached hydrogens (tertiary/aromatic N) is 3. The highest BCUT2D eigenvalue weighted by molar-refractivity contribution is 5.86. The summed E-state index contributed by atoms with van der Waals surface area (Å²) in [5, 5.41) is 3.42. The van der Waals surface area contributed by atoms with Gasteiger partial charge < -0.3 is 4.74 Å². The minimum absolute atomic E-state index is 0.330. The number of esters is 1. The van der Waals surface area contributed by atoms with Crippen LogP contribution in [0.25, 0.3) is 10.4 Å². The van der Waals surface area contributed by atoms with E-state index < -0.39 is 0 Å². The van der Waals surface area contributed by atoms with Crippen LogP contribution in [0.3, 0.4) is 0 Å². The van der Waals surface area contributed by atoms with Crippen LogP contribution in [0.5, 0.6) is 0 Å². The molecule has 0 bridgehead atoms. The summed E-state index contributed by atoms with van der Waals surface area (Å²) in [5.74, 6) is -0.330. The lowest BCUT2D eigenvalue weighted by Gasteiger charge is -2.03. The fraction of sp³-hybridized carbons (Fsp3) is 0.700. The normalized spacial score (nSPS) is 9.13. The van der Waals surface area contributed by atoms with Crippen LogP contribution in [0, 0.1) is 0 Å². The van der Waals surface area contributed by atoms with Gasteiger partial charge in [0.05, 0.1) is 6.61 Å². The number of unbranched alkanes of at least 4 members (excludes halogenated alkanes) is 3. The summed E-state index contributed by atoms with van der Waals surface area (Å²) < 4.78 is 4.91. The summed E-state index contributed by atoms with van der Waals surface area (Å²) in [6.45, 7) is 6.09. The number of carbonyl (C=O) groups excluding carboxylic acids is 1. The highest BCUT2D eigenvalue weighted by atomic mass is 16.5. The van der Waals surface area contributed by atoms with Crippen molar-refractivity contribution in [1.82, 2.24) is 0 Å². The fourth-order valence-corrected chi connectivity index (χ4v) is 0.971. The van der Waals surface area contributed by atoms with E-state index >= 15 is 0 Å². The van der Waals surface area contributed by atoms with Gasteiger partial charge in [0.25, 0.3) is 0 Å². The number of ether oxygens (including phenoxy) is 1. The minimum atomic E-state index is -0.330. The molecule has 0 aromatic rings. The van der Waals surface area contributed by atoms with Gasteiger partial charge in [0, 0.05) is 17.0 Å². The van der Waals surface area contributed by atoms with Gasteiger partial charge in [-0.15, -0.1) is 0 Å². The maximum Gasteiger partial charge on any atom is 0.333 e. The Morgan fingerprint density at radius 1 is 1.40 bits per heavy atom. The van der Waals surface area contributed by atoms with Gasteiger partial charge in [-0.2, -0.15) is 0 Å². The largest absolute Gasteiger partial charge is 0.462 e. The molecule has 0 aliphatic rings. The van der Waals surface area contributed by atoms with Crippen molar-refractivity contribution >= 4 is 5.97 Å². The highest BCUT2D eigenvalue weighted by Crippen LogP contribution is 2.01. The Kier molecular flexibility index (Phi) is 8.19. The molecule has 5 nitrogen and oxygen atoms in total. The van der Waals surface area contributed by atoms with Gasteiger partial charge in [-0.3, -0.25) is 0 Å². The Bertz CT molecular complexity index is 257. The lowest BCUT2D eigenvalue weighted by Crippen LogP contribution is -2.06. The Morgan fingerprint density at radius 2 is 2.07 bits per heavy atom. The van der Waals surface area contributed by atoms with Gasteiger partial charge in [-0.25, -0.2) is 4.79 Å². The standard InChI is InChI=1S/C10H17N3O2/c1-9(2)10(14)15-8-6-4-3-5-7-12-13-11/h1,3-8H2,2H3. The molecule has 0 unspecified atom stereocenters. The molecule has 0 saturated heterocycles. The summed E-state index contributed by atoms with van der Waals surface area (Å²) in [5.41, 5.74) is 8.44. The molecular weight excluding hydrogens is 194 g/mol. The van der Waals surface area contributed by atoms with Gasteiger partial charge in [-0.05, 0) is 25.3 Å². The van der Waals surface area contributed by atoms with Gasteiger partial charge in [0.15, 0.2) is 0 Å². The maximum absolute atomic E-state index is 10.9. The van der Waals surface area contributed by atoms with Crippen molar-refractivity contribution in [3.05, 3.63) is 22.6 Å². The molecule has 0 aliphatic carbocycles. The first-order chi connectivity index (χ1) is 7.18. The lowest BCUT2D eigenvalue weighted by atomic mass is 10.2. The van der Waals surface area contributed by atoms with E-state index in [2.05, 4.69) is 16.6 Å². The summed E-state index contributed by atoms with van der Waals surface area (Å²) in [7, 11) is 0. The van der Waals surface area contributed by atoms with Crippen LogP contribution in [0.1, 0.15) is 32.6 Å². The van der Waals surface area contributed by atoms with E-state index in [1.54, 1.807) is 6.92 Å². The Balaban J connectivity index is 3.21. The third kappa shape index (κ3) is 8.84. The van der Waals surface area contributed by atoms with Gasteiger partial charge in [0.1, 0.15) is 0 Å². The van der Waals surface area contributed by atoms with Crippen LogP contribution >= 0.6 is 0 Å². The van der Waals surface area contributed by atoms with Crippen molar-refractivity contribution in [3.63, 3.8) is 0 Å². The summed E-state index contributed by atoms with van der Waals surface area (Å²) in [6, 6.07) is 0. The molecular formula is C10H17N3O2. The molecule has 0 spiro atoms. The second kappa shape index (κ2) is 9.09. The predicted molar refractivity (Wildman–Crippen MR) is 58.3 cm³/mol. The molecule has 0 aromatic heterocycles. The topological polar surface area (TPSA) is 75.1 Å². The number of hydrogen-bond acceptors (Lipinski definition) is 3. The number of azide groups is 1. The van der Waals surface area contributed by atoms with Crippen LogP contribution in [-0.2, 0) is 9.53 Å². The van der Waals surface area contributed by atoms with E-state index in [0.717, 1.165) is 25.7 Å². The lowest BCUT2D eigenvalue weighted by molar-refractivity contribution is -0.139. The predicted octanol–water partition coefficient (Wildman–Crippen LogP) is 2.98. The summed E-state index contributed by atoms with van der Waals surface area (Å²) in [4.78, 5) is 13.6. The molecule has 0 radical (unpaired) electrons. The van der Waals surface area contributed by atoms with Crippen molar-refractivity contribution in [2.45, 2.75) is 32.6 Å². The van der Waals surface area contributed by atoms with E-state index in [4.69, 9.17) is 10.3 Å². The number of hydrogen-bond donors (Lipinski definition) is 0. The van der Waals surface area contributed by atoms with Crippen molar-refractivity contribution < 1.29 is 9.53 Å². The zero-order valence-corrected chi connectivity index (χ0v) is 9.11. The van der Waals surface area contributed by atoms with Crippen molar-refractivity contribution in [1.29, 1.82) is 0 Å². The number of rotatable bonds is 8. The Labute approximate surface area is 89.7 Å². The third-order valence-corrected chi connectivity index (χ3v) is 1.80. The molecule has 0 heterocycles. The molecule has 0 rings (SSSR count).